The van der Waals surface area contributed by atoms with Crippen molar-refractivity contribution >= 4 is 17.3 Å². The summed E-state index contributed by atoms with van der Waals surface area (Å²) in [6, 6.07) is 5.48. The van der Waals surface area contributed by atoms with Crippen LogP contribution in [0, 0.1) is 0 Å². The lowest BCUT2D eigenvalue weighted by Crippen LogP contribution is -2.54. The average molecular weight is 358 g/mol. The van der Waals surface area contributed by atoms with Crippen molar-refractivity contribution in [2.75, 3.05) is 0 Å². The molecule has 6 nitrogen and oxygen atoms in total. The highest BCUT2D eigenvalue weighted by Gasteiger charge is 2.24. The number of fused-ring (bicyclic) bond motifs is 1. The maximum Gasteiger partial charge on any atom is 0.261 e. The average Bonchev–Trinajstić information content (AvgIpc) is 3.09. The van der Waals surface area contributed by atoms with Gasteiger partial charge in [-0.25, -0.2) is 4.99 Å². The summed E-state index contributed by atoms with van der Waals surface area (Å²) >= 11 is 6.31. The van der Waals surface area contributed by atoms with E-state index in [1.165, 1.54) is 0 Å². The van der Waals surface area contributed by atoms with E-state index in [4.69, 9.17) is 17.3 Å². The predicted molar refractivity (Wildman–Crippen MR) is 97.4 cm³/mol. The number of nitrogens with one attached hydrogen (secondary N) is 1. The molecule has 2 aromatic heterocycles. The Morgan fingerprint density at radius 2 is 2.12 bits per heavy atom. The maximum atomic E-state index is 13.3. The SMILES string of the molecule is CC1=c2cc(-c3ncccc3Cl)c(=O)n(C3CCCC3)c2=NC(N)N1. The largest absolute Gasteiger partial charge is 0.355 e. The lowest BCUT2D eigenvalue weighted by atomic mass is 10.1. The number of pyridine rings is 2. The third-order valence-electron chi connectivity index (χ3n) is 4.94. The number of hydrogen-bond acceptors (Lipinski definition) is 5. The molecule has 2 aliphatic rings. The number of halogens is 1. The van der Waals surface area contributed by atoms with Gasteiger partial charge in [0.2, 0.25) is 0 Å². The first-order valence-corrected chi connectivity index (χ1v) is 8.91. The molecule has 130 valence electrons. The normalized spacial score (nSPS) is 20.1. The van der Waals surface area contributed by atoms with Crippen molar-refractivity contribution in [3.05, 3.63) is 50.5 Å². The summed E-state index contributed by atoms with van der Waals surface area (Å²) in [6.07, 6.45) is 5.30. The van der Waals surface area contributed by atoms with Crippen molar-refractivity contribution < 1.29 is 0 Å². The van der Waals surface area contributed by atoms with E-state index in [1.54, 1.807) is 18.3 Å². The van der Waals surface area contributed by atoms with Gasteiger partial charge in [-0.1, -0.05) is 24.4 Å². The van der Waals surface area contributed by atoms with Gasteiger partial charge in [0.25, 0.3) is 5.56 Å². The van der Waals surface area contributed by atoms with Gasteiger partial charge in [0.05, 0.1) is 16.3 Å². The molecule has 1 aliphatic carbocycles. The zero-order chi connectivity index (χ0) is 17.6. The van der Waals surface area contributed by atoms with Crippen LogP contribution in [0.3, 0.4) is 0 Å². The molecule has 7 heteroatoms. The molecular formula is C18H20ClN5O. The minimum atomic E-state index is -0.538. The van der Waals surface area contributed by atoms with Gasteiger partial charge in [0.15, 0.2) is 6.29 Å². The van der Waals surface area contributed by atoms with E-state index < -0.39 is 6.29 Å². The van der Waals surface area contributed by atoms with Crippen molar-refractivity contribution in [3.8, 4) is 11.3 Å². The fourth-order valence-corrected chi connectivity index (χ4v) is 3.98. The van der Waals surface area contributed by atoms with Gasteiger partial charge in [0, 0.05) is 23.2 Å². The summed E-state index contributed by atoms with van der Waals surface area (Å²) < 4.78 is 1.81. The third-order valence-corrected chi connectivity index (χ3v) is 5.25. The van der Waals surface area contributed by atoms with Gasteiger partial charge >= 0.3 is 0 Å². The van der Waals surface area contributed by atoms with Crippen LogP contribution >= 0.6 is 11.6 Å². The van der Waals surface area contributed by atoms with Gasteiger partial charge in [0.1, 0.15) is 5.49 Å². The summed E-state index contributed by atoms with van der Waals surface area (Å²) in [5.74, 6) is 0. The molecule has 1 aliphatic heterocycles. The molecule has 0 amide bonds. The summed E-state index contributed by atoms with van der Waals surface area (Å²) in [6.45, 7) is 1.95. The second kappa shape index (κ2) is 6.28. The molecular weight excluding hydrogens is 338 g/mol. The zero-order valence-corrected chi connectivity index (χ0v) is 14.8. The van der Waals surface area contributed by atoms with Crippen molar-refractivity contribution in [1.29, 1.82) is 0 Å². The first-order valence-electron chi connectivity index (χ1n) is 8.53. The second-order valence-corrected chi connectivity index (χ2v) is 6.99. The van der Waals surface area contributed by atoms with Crippen molar-refractivity contribution in [2.45, 2.75) is 44.9 Å². The van der Waals surface area contributed by atoms with Crippen LogP contribution in [-0.2, 0) is 0 Å². The van der Waals surface area contributed by atoms with Crippen molar-refractivity contribution in [2.24, 2.45) is 10.7 Å². The number of nitrogens with two attached hydrogens (primary N) is 1. The molecule has 3 N–H and O–H groups in total. The predicted octanol–water partition coefficient (Wildman–Crippen LogP) is 1.27. The van der Waals surface area contributed by atoms with E-state index in [-0.39, 0.29) is 11.6 Å². The Balaban J connectivity index is 2.10. The molecule has 0 radical (unpaired) electrons. The van der Waals surface area contributed by atoms with E-state index >= 15 is 0 Å². The van der Waals surface area contributed by atoms with Crippen molar-refractivity contribution in [1.82, 2.24) is 14.9 Å². The first-order chi connectivity index (χ1) is 12.1. The second-order valence-electron chi connectivity index (χ2n) is 6.59. The Morgan fingerprint density at radius 1 is 1.36 bits per heavy atom. The van der Waals surface area contributed by atoms with Crippen LogP contribution in [0.25, 0.3) is 17.0 Å². The smallest absolute Gasteiger partial charge is 0.261 e. The Labute approximate surface area is 150 Å². The molecule has 1 saturated carbocycles. The lowest BCUT2D eigenvalue weighted by molar-refractivity contribution is 0.465. The Bertz CT molecular complexity index is 1010. The molecule has 25 heavy (non-hydrogen) atoms. The summed E-state index contributed by atoms with van der Waals surface area (Å²) in [5.41, 5.74) is 8.46. The molecule has 0 saturated heterocycles. The summed E-state index contributed by atoms with van der Waals surface area (Å²) in [7, 11) is 0. The molecule has 3 heterocycles. The quantitative estimate of drug-likeness (QED) is 0.847. The molecule has 2 aromatic rings. The number of nitrogens with zero attached hydrogens (tertiary/aromatic N) is 3. The molecule has 4 rings (SSSR count). The van der Waals surface area contributed by atoms with E-state index in [0.717, 1.165) is 36.6 Å². The topological polar surface area (TPSA) is 85.3 Å². The Morgan fingerprint density at radius 3 is 2.84 bits per heavy atom. The Hall–Kier alpha value is -2.18. The highest BCUT2D eigenvalue weighted by molar-refractivity contribution is 6.33. The first kappa shape index (κ1) is 16.3. The minimum Gasteiger partial charge on any atom is -0.355 e. The fourth-order valence-electron chi connectivity index (χ4n) is 3.75. The van der Waals surface area contributed by atoms with E-state index in [9.17, 15) is 4.79 Å². The van der Waals surface area contributed by atoms with Crippen LogP contribution in [0.4, 0.5) is 0 Å². The Kier molecular flexibility index (Phi) is 4.09. The maximum absolute atomic E-state index is 13.3. The number of rotatable bonds is 2. The highest BCUT2D eigenvalue weighted by atomic mass is 35.5. The fraction of sp³-hybridized carbons (Fsp3) is 0.389. The zero-order valence-electron chi connectivity index (χ0n) is 14.0. The molecule has 0 aromatic carbocycles. The van der Waals surface area contributed by atoms with Crippen LogP contribution in [0.2, 0.25) is 5.02 Å². The van der Waals surface area contributed by atoms with Gasteiger partial charge in [-0.3, -0.25) is 20.1 Å². The van der Waals surface area contributed by atoms with Crippen molar-refractivity contribution in [3.63, 3.8) is 0 Å². The lowest BCUT2D eigenvalue weighted by Gasteiger charge is -2.22. The van der Waals surface area contributed by atoms with Crippen LogP contribution in [0.1, 0.15) is 38.6 Å². The van der Waals surface area contributed by atoms with E-state index in [1.807, 2.05) is 17.6 Å². The van der Waals surface area contributed by atoms with Gasteiger partial charge < -0.3 is 5.32 Å². The monoisotopic (exact) mass is 357 g/mol. The molecule has 1 fully saturated rings. The van der Waals surface area contributed by atoms with Gasteiger partial charge in [-0.15, -0.1) is 0 Å². The summed E-state index contributed by atoms with van der Waals surface area (Å²) in [5, 5.41) is 4.47. The van der Waals surface area contributed by atoms with E-state index in [2.05, 4.69) is 15.3 Å². The van der Waals surface area contributed by atoms with Gasteiger partial charge in [-0.05, 0) is 38.0 Å². The molecule has 0 bridgehead atoms. The molecule has 0 spiro atoms. The third kappa shape index (κ3) is 2.75. The van der Waals surface area contributed by atoms with Crippen LogP contribution < -0.4 is 27.3 Å². The van der Waals surface area contributed by atoms with Crippen LogP contribution in [0.5, 0.6) is 0 Å². The molecule has 1 unspecified atom stereocenters. The van der Waals surface area contributed by atoms with Crippen LogP contribution in [0.15, 0.2) is 34.2 Å². The van der Waals surface area contributed by atoms with Crippen LogP contribution in [-0.4, -0.2) is 15.8 Å². The number of hydrogen-bond donors (Lipinski definition) is 2. The van der Waals surface area contributed by atoms with Gasteiger partial charge in [-0.2, -0.15) is 0 Å². The van der Waals surface area contributed by atoms with E-state index in [0.29, 0.717) is 21.8 Å². The number of aromatic nitrogens is 2. The molecule has 1 atom stereocenters. The highest BCUT2D eigenvalue weighted by Crippen LogP contribution is 2.28. The standard InChI is InChI=1S/C18H20ClN5O/c1-10-12-9-13(15-14(19)7-4-8-21-15)17(25)24(11-5-2-3-6-11)16(12)23-18(20)22-10/h4,7-9,11,18,22H,2-3,5-6,20H2,1H3. The minimum absolute atomic E-state index is 0.100. The summed E-state index contributed by atoms with van der Waals surface area (Å²) in [4.78, 5) is 22.2.